The molecule has 0 aliphatic heterocycles. The van der Waals surface area contributed by atoms with Crippen molar-refractivity contribution >= 4 is 43.5 Å². The average Bonchev–Trinajstić information content (AvgIpc) is 2.32. The van der Waals surface area contributed by atoms with Crippen molar-refractivity contribution in [1.29, 1.82) is 0 Å². The molecular formula is C14H10Br2FNO. The van der Waals surface area contributed by atoms with Crippen LogP contribution in [0, 0.1) is 12.7 Å². The number of amides is 1. The van der Waals surface area contributed by atoms with Crippen LogP contribution in [0.5, 0.6) is 0 Å². The van der Waals surface area contributed by atoms with E-state index in [1.807, 2.05) is 12.1 Å². The molecular weight excluding hydrogens is 377 g/mol. The highest BCUT2D eigenvalue weighted by atomic mass is 79.9. The largest absolute Gasteiger partial charge is 0.321 e. The van der Waals surface area contributed by atoms with Crippen LogP contribution in [-0.4, -0.2) is 5.91 Å². The minimum absolute atomic E-state index is 0.263. The van der Waals surface area contributed by atoms with Gasteiger partial charge in [0.05, 0.1) is 5.69 Å². The second-order valence-corrected chi connectivity index (χ2v) is 5.81. The molecule has 2 aromatic rings. The Balaban J connectivity index is 2.25. The van der Waals surface area contributed by atoms with Crippen LogP contribution in [0.25, 0.3) is 0 Å². The van der Waals surface area contributed by atoms with E-state index in [4.69, 9.17) is 0 Å². The number of carbonyl (C=O) groups excluding carboxylic acids is 1. The van der Waals surface area contributed by atoms with E-state index < -0.39 is 0 Å². The second-order valence-electron chi connectivity index (χ2n) is 4.04. The minimum Gasteiger partial charge on any atom is -0.321 e. The van der Waals surface area contributed by atoms with E-state index in [2.05, 4.69) is 37.2 Å². The second kappa shape index (κ2) is 5.84. The number of aryl methyl sites for hydroxylation is 1. The van der Waals surface area contributed by atoms with Crippen molar-refractivity contribution in [1.82, 2.24) is 0 Å². The molecule has 2 rings (SSSR count). The highest BCUT2D eigenvalue weighted by Crippen LogP contribution is 2.26. The molecule has 19 heavy (non-hydrogen) atoms. The van der Waals surface area contributed by atoms with Crippen LogP contribution < -0.4 is 5.32 Å². The molecule has 2 aromatic carbocycles. The summed E-state index contributed by atoms with van der Waals surface area (Å²) < 4.78 is 14.7. The Labute approximate surface area is 127 Å². The number of rotatable bonds is 2. The monoisotopic (exact) mass is 385 g/mol. The average molecular weight is 387 g/mol. The van der Waals surface area contributed by atoms with Gasteiger partial charge in [0.2, 0.25) is 0 Å². The van der Waals surface area contributed by atoms with Gasteiger partial charge in [-0.1, -0.05) is 15.9 Å². The van der Waals surface area contributed by atoms with E-state index in [-0.39, 0.29) is 11.7 Å². The van der Waals surface area contributed by atoms with E-state index in [1.165, 1.54) is 18.2 Å². The number of halogens is 3. The molecule has 1 amide bonds. The molecule has 0 saturated heterocycles. The highest BCUT2D eigenvalue weighted by molar-refractivity contribution is 9.11. The van der Waals surface area contributed by atoms with Gasteiger partial charge in [-0.3, -0.25) is 4.79 Å². The summed E-state index contributed by atoms with van der Waals surface area (Å²) in [6.07, 6.45) is 0. The zero-order chi connectivity index (χ0) is 14.0. The lowest BCUT2D eigenvalue weighted by Gasteiger charge is -2.09. The van der Waals surface area contributed by atoms with E-state index in [9.17, 15) is 9.18 Å². The quantitative estimate of drug-likeness (QED) is 0.780. The minimum atomic E-state index is -0.348. The standard InChI is InChI=1S/C14H10Br2FNO/c1-8-6-10(17)3-4-11(8)14(19)18-13-5-2-9(15)7-12(13)16/h2-7H,1H3,(H,18,19). The summed E-state index contributed by atoms with van der Waals surface area (Å²) in [5.41, 5.74) is 1.72. The zero-order valence-corrected chi connectivity index (χ0v) is 13.2. The van der Waals surface area contributed by atoms with Crippen molar-refractivity contribution in [3.63, 3.8) is 0 Å². The van der Waals surface area contributed by atoms with Crippen LogP contribution in [-0.2, 0) is 0 Å². The first kappa shape index (κ1) is 14.2. The SMILES string of the molecule is Cc1cc(F)ccc1C(=O)Nc1ccc(Br)cc1Br. The fraction of sp³-hybridized carbons (Fsp3) is 0.0714. The third-order valence-corrected chi connectivity index (χ3v) is 3.76. The Morgan fingerprint density at radius 1 is 1.16 bits per heavy atom. The van der Waals surface area contributed by atoms with E-state index >= 15 is 0 Å². The molecule has 0 unspecified atom stereocenters. The number of anilines is 1. The summed E-state index contributed by atoms with van der Waals surface area (Å²) in [6.45, 7) is 1.70. The zero-order valence-electron chi connectivity index (χ0n) is 10.0. The molecule has 1 N–H and O–H groups in total. The summed E-state index contributed by atoms with van der Waals surface area (Å²) in [7, 11) is 0. The molecule has 0 radical (unpaired) electrons. The number of hydrogen-bond donors (Lipinski definition) is 1. The van der Waals surface area contributed by atoms with Crippen molar-refractivity contribution in [2.24, 2.45) is 0 Å². The lowest BCUT2D eigenvalue weighted by Crippen LogP contribution is -2.13. The third-order valence-electron chi connectivity index (χ3n) is 2.61. The van der Waals surface area contributed by atoms with Gasteiger partial charge in [-0.25, -0.2) is 4.39 Å². The van der Waals surface area contributed by atoms with Crippen LogP contribution in [0.3, 0.4) is 0 Å². The Morgan fingerprint density at radius 2 is 1.89 bits per heavy atom. The molecule has 0 aliphatic rings. The lowest BCUT2D eigenvalue weighted by atomic mass is 10.1. The molecule has 5 heteroatoms. The molecule has 0 spiro atoms. The first-order valence-electron chi connectivity index (χ1n) is 5.50. The van der Waals surface area contributed by atoms with Crippen molar-refractivity contribution in [3.8, 4) is 0 Å². The van der Waals surface area contributed by atoms with Crippen LogP contribution in [0.1, 0.15) is 15.9 Å². The topological polar surface area (TPSA) is 29.1 Å². The number of hydrogen-bond acceptors (Lipinski definition) is 1. The number of nitrogens with one attached hydrogen (secondary N) is 1. The van der Waals surface area contributed by atoms with Gasteiger partial charge in [0.25, 0.3) is 5.91 Å². The van der Waals surface area contributed by atoms with Crippen molar-refractivity contribution in [2.75, 3.05) is 5.32 Å². The fourth-order valence-corrected chi connectivity index (χ4v) is 2.81. The maximum absolute atomic E-state index is 13.0. The molecule has 0 saturated carbocycles. The predicted octanol–water partition coefficient (Wildman–Crippen LogP) is 4.91. The van der Waals surface area contributed by atoms with Gasteiger partial charge in [0.15, 0.2) is 0 Å². The summed E-state index contributed by atoms with van der Waals surface area (Å²) in [5, 5.41) is 2.78. The maximum atomic E-state index is 13.0. The van der Waals surface area contributed by atoms with E-state index in [1.54, 1.807) is 13.0 Å². The smallest absolute Gasteiger partial charge is 0.255 e. The van der Waals surface area contributed by atoms with Gasteiger partial charge < -0.3 is 5.32 Å². The van der Waals surface area contributed by atoms with Crippen LogP contribution >= 0.6 is 31.9 Å². The van der Waals surface area contributed by atoms with Gasteiger partial charge in [-0.15, -0.1) is 0 Å². The molecule has 0 fully saturated rings. The van der Waals surface area contributed by atoms with Crippen molar-refractivity contribution < 1.29 is 9.18 Å². The van der Waals surface area contributed by atoms with Crippen molar-refractivity contribution in [2.45, 2.75) is 6.92 Å². The van der Waals surface area contributed by atoms with Gasteiger partial charge >= 0.3 is 0 Å². The van der Waals surface area contributed by atoms with Crippen LogP contribution in [0.15, 0.2) is 45.3 Å². The van der Waals surface area contributed by atoms with Gasteiger partial charge in [-0.2, -0.15) is 0 Å². The van der Waals surface area contributed by atoms with Crippen molar-refractivity contribution in [3.05, 3.63) is 62.3 Å². The first-order chi connectivity index (χ1) is 8.97. The summed E-state index contributed by atoms with van der Waals surface area (Å²) in [6, 6.07) is 9.55. The van der Waals surface area contributed by atoms with E-state index in [0.717, 1.165) is 8.95 Å². The third kappa shape index (κ3) is 3.42. The van der Waals surface area contributed by atoms with Crippen LogP contribution in [0.2, 0.25) is 0 Å². The van der Waals surface area contributed by atoms with Gasteiger partial charge in [0, 0.05) is 14.5 Å². The molecule has 0 bridgehead atoms. The molecule has 98 valence electrons. The molecule has 0 heterocycles. The molecule has 0 atom stereocenters. The lowest BCUT2D eigenvalue weighted by molar-refractivity contribution is 0.102. The Morgan fingerprint density at radius 3 is 2.53 bits per heavy atom. The Kier molecular flexibility index (Phi) is 4.37. The highest BCUT2D eigenvalue weighted by Gasteiger charge is 2.11. The molecule has 0 aromatic heterocycles. The predicted molar refractivity (Wildman–Crippen MR) is 80.9 cm³/mol. The normalized spacial score (nSPS) is 10.3. The van der Waals surface area contributed by atoms with E-state index in [0.29, 0.717) is 16.8 Å². The number of benzene rings is 2. The Bertz CT molecular complexity index is 643. The van der Waals surface area contributed by atoms with Gasteiger partial charge in [0.1, 0.15) is 5.82 Å². The summed E-state index contributed by atoms with van der Waals surface area (Å²) >= 11 is 6.72. The Hall–Kier alpha value is -1.20. The van der Waals surface area contributed by atoms with Crippen LogP contribution in [0.4, 0.5) is 10.1 Å². The summed E-state index contributed by atoms with van der Waals surface area (Å²) in [4.78, 5) is 12.1. The molecule has 2 nitrogen and oxygen atoms in total. The fourth-order valence-electron chi connectivity index (χ4n) is 1.66. The van der Waals surface area contributed by atoms with Gasteiger partial charge in [-0.05, 0) is 64.8 Å². The number of carbonyl (C=O) groups is 1. The first-order valence-corrected chi connectivity index (χ1v) is 7.08. The molecule has 0 aliphatic carbocycles. The maximum Gasteiger partial charge on any atom is 0.255 e. The summed E-state index contributed by atoms with van der Waals surface area (Å²) in [5.74, 6) is -0.612.